The van der Waals surface area contributed by atoms with Gasteiger partial charge >= 0.3 is 0 Å². The van der Waals surface area contributed by atoms with Gasteiger partial charge in [-0.15, -0.1) is 0 Å². The first-order valence-corrected chi connectivity index (χ1v) is 5.06. The molecule has 0 spiro atoms. The van der Waals surface area contributed by atoms with Gasteiger partial charge in [-0.3, -0.25) is 0 Å². The SMILES string of the molecule is CCOc1ccc(CC(C)(C)O)cc1F. The van der Waals surface area contributed by atoms with E-state index in [1.807, 2.05) is 6.92 Å². The van der Waals surface area contributed by atoms with Crippen molar-refractivity contribution in [2.24, 2.45) is 0 Å². The van der Waals surface area contributed by atoms with Gasteiger partial charge in [0.1, 0.15) is 0 Å². The molecule has 84 valence electrons. The van der Waals surface area contributed by atoms with Crippen LogP contribution >= 0.6 is 0 Å². The molecular weight excluding hydrogens is 195 g/mol. The predicted octanol–water partition coefficient (Wildman–Crippen LogP) is 2.54. The third kappa shape index (κ3) is 3.88. The summed E-state index contributed by atoms with van der Waals surface area (Å²) < 4.78 is 18.5. The minimum Gasteiger partial charge on any atom is -0.491 e. The van der Waals surface area contributed by atoms with Gasteiger partial charge in [0.25, 0.3) is 0 Å². The number of hydrogen-bond acceptors (Lipinski definition) is 2. The van der Waals surface area contributed by atoms with Gasteiger partial charge in [0.05, 0.1) is 12.2 Å². The van der Waals surface area contributed by atoms with Crippen molar-refractivity contribution in [3.05, 3.63) is 29.6 Å². The number of rotatable bonds is 4. The molecule has 0 saturated heterocycles. The van der Waals surface area contributed by atoms with Crippen molar-refractivity contribution >= 4 is 0 Å². The molecule has 0 unspecified atom stereocenters. The van der Waals surface area contributed by atoms with E-state index in [9.17, 15) is 9.50 Å². The number of hydrogen-bond donors (Lipinski definition) is 1. The average Bonchev–Trinajstić information content (AvgIpc) is 2.07. The molecule has 0 fully saturated rings. The second kappa shape index (κ2) is 4.62. The number of halogens is 1. The molecule has 0 amide bonds. The van der Waals surface area contributed by atoms with E-state index >= 15 is 0 Å². The fourth-order valence-electron chi connectivity index (χ4n) is 1.43. The molecule has 1 rings (SSSR count). The van der Waals surface area contributed by atoms with Crippen LogP contribution in [0.1, 0.15) is 26.3 Å². The molecule has 3 heteroatoms. The normalized spacial score (nSPS) is 11.5. The Hall–Kier alpha value is -1.09. The fourth-order valence-corrected chi connectivity index (χ4v) is 1.43. The minimum atomic E-state index is -0.820. The number of aliphatic hydroxyl groups is 1. The van der Waals surface area contributed by atoms with Gasteiger partial charge in [-0.2, -0.15) is 0 Å². The Labute approximate surface area is 89.7 Å². The van der Waals surface area contributed by atoms with E-state index in [1.54, 1.807) is 26.0 Å². The lowest BCUT2D eigenvalue weighted by Gasteiger charge is -2.17. The second-order valence-electron chi connectivity index (χ2n) is 4.19. The van der Waals surface area contributed by atoms with Crippen LogP contribution in [-0.2, 0) is 6.42 Å². The Bertz CT molecular complexity index is 329. The van der Waals surface area contributed by atoms with Crippen molar-refractivity contribution in [1.82, 2.24) is 0 Å². The highest BCUT2D eigenvalue weighted by Gasteiger charge is 2.14. The van der Waals surface area contributed by atoms with Crippen molar-refractivity contribution in [3.63, 3.8) is 0 Å². The first kappa shape index (κ1) is 12.0. The van der Waals surface area contributed by atoms with E-state index in [0.717, 1.165) is 5.56 Å². The molecule has 0 aliphatic carbocycles. The Morgan fingerprint density at radius 1 is 1.40 bits per heavy atom. The maximum absolute atomic E-state index is 13.4. The summed E-state index contributed by atoms with van der Waals surface area (Å²) in [5, 5.41) is 9.58. The van der Waals surface area contributed by atoms with Gasteiger partial charge in [-0.05, 0) is 38.5 Å². The van der Waals surface area contributed by atoms with E-state index in [0.29, 0.717) is 13.0 Å². The van der Waals surface area contributed by atoms with Gasteiger partial charge in [0.2, 0.25) is 0 Å². The van der Waals surface area contributed by atoms with Gasteiger partial charge < -0.3 is 9.84 Å². The molecule has 2 nitrogen and oxygen atoms in total. The molecule has 0 radical (unpaired) electrons. The maximum atomic E-state index is 13.4. The highest BCUT2D eigenvalue weighted by molar-refractivity contribution is 5.30. The zero-order chi connectivity index (χ0) is 11.5. The van der Waals surface area contributed by atoms with Gasteiger partial charge in [-0.1, -0.05) is 6.07 Å². The molecule has 0 bridgehead atoms. The second-order valence-corrected chi connectivity index (χ2v) is 4.19. The van der Waals surface area contributed by atoms with Crippen LogP contribution in [-0.4, -0.2) is 17.3 Å². The Morgan fingerprint density at radius 3 is 2.53 bits per heavy atom. The standard InChI is InChI=1S/C12H17FO2/c1-4-15-11-6-5-9(7-10(11)13)8-12(2,3)14/h5-7,14H,4,8H2,1-3H3. The van der Waals surface area contributed by atoms with Crippen LogP contribution in [0.25, 0.3) is 0 Å². The molecule has 0 aliphatic heterocycles. The fraction of sp³-hybridized carbons (Fsp3) is 0.500. The quantitative estimate of drug-likeness (QED) is 0.831. The lowest BCUT2D eigenvalue weighted by atomic mass is 9.99. The van der Waals surface area contributed by atoms with E-state index in [4.69, 9.17) is 4.74 Å². The molecule has 0 saturated carbocycles. The zero-order valence-electron chi connectivity index (χ0n) is 9.38. The van der Waals surface area contributed by atoms with E-state index in [2.05, 4.69) is 0 Å². The van der Waals surface area contributed by atoms with Crippen molar-refractivity contribution in [2.45, 2.75) is 32.8 Å². The Morgan fingerprint density at radius 2 is 2.07 bits per heavy atom. The smallest absolute Gasteiger partial charge is 0.165 e. The van der Waals surface area contributed by atoms with Crippen molar-refractivity contribution in [1.29, 1.82) is 0 Å². The maximum Gasteiger partial charge on any atom is 0.165 e. The lowest BCUT2D eigenvalue weighted by Crippen LogP contribution is -2.21. The van der Waals surface area contributed by atoms with Crippen LogP contribution in [0.5, 0.6) is 5.75 Å². The Kier molecular flexibility index (Phi) is 3.69. The van der Waals surface area contributed by atoms with Crippen LogP contribution < -0.4 is 4.74 Å². The average molecular weight is 212 g/mol. The lowest BCUT2D eigenvalue weighted by molar-refractivity contribution is 0.0809. The van der Waals surface area contributed by atoms with E-state index in [-0.39, 0.29) is 11.6 Å². The molecule has 0 aromatic heterocycles. The van der Waals surface area contributed by atoms with Crippen LogP contribution in [0.15, 0.2) is 18.2 Å². The molecule has 1 aromatic rings. The summed E-state index contributed by atoms with van der Waals surface area (Å²) in [6.07, 6.45) is 0.427. The highest BCUT2D eigenvalue weighted by Crippen LogP contribution is 2.21. The predicted molar refractivity (Wildman–Crippen MR) is 57.6 cm³/mol. The van der Waals surface area contributed by atoms with Gasteiger partial charge in [-0.25, -0.2) is 4.39 Å². The summed E-state index contributed by atoms with van der Waals surface area (Å²) in [5.74, 6) is -0.115. The first-order valence-electron chi connectivity index (χ1n) is 5.06. The largest absolute Gasteiger partial charge is 0.491 e. The van der Waals surface area contributed by atoms with Crippen molar-refractivity contribution in [3.8, 4) is 5.75 Å². The van der Waals surface area contributed by atoms with Crippen LogP contribution in [0.3, 0.4) is 0 Å². The molecule has 0 aliphatic rings. The minimum absolute atomic E-state index is 0.261. The third-order valence-electron chi connectivity index (χ3n) is 1.93. The number of ether oxygens (including phenoxy) is 1. The summed E-state index contributed by atoms with van der Waals surface area (Å²) in [7, 11) is 0. The summed E-state index contributed by atoms with van der Waals surface area (Å²) in [6, 6.07) is 4.77. The molecule has 15 heavy (non-hydrogen) atoms. The molecular formula is C12H17FO2. The summed E-state index contributed by atoms with van der Waals surface area (Å²) >= 11 is 0. The summed E-state index contributed by atoms with van der Waals surface area (Å²) in [5.41, 5.74) is -0.0528. The third-order valence-corrected chi connectivity index (χ3v) is 1.93. The monoisotopic (exact) mass is 212 g/mol. The van der Waals surface area contributed by atoms with E-state index < -0.39 is 5.60 Å². The molecule has 1 N–H and O–H groups in total. The molecule has 0 atom stereocenters. The van der Waals surface area contributed by atoms with Crippen LogP contribution in [0.2, 0.25) is 0 Å². The Balaban J connectivity index is 2.82. The van der Waals surface area contributed by atoms with Crippen LogP contribution in [0, 0.1) is 5.82 Å². The van der Waals surface area contributed by atoms with Gasteiger partial charge in [0, 0.05) is 6.42 Å². The van der Waals surface area contributed by atoms with Crippen molar-refractivity contribution < 1.29 is 14.2 Å². The molecule has 0 heterocycles. The number of benzene rings is 1. The summed E-state index contributed by atoms with van der Waals surface area (Å²) in [6.45, 7) is 5.65. The van der Waals surface area contributed by atoms with Crippen molar-refractivity contribution in [2.75, 3.05) is 6.61 Å². The zero-order valence-corrected chi connectivity index (χ0v) is 9.38. The van der Waals surface area contributed by atoms with Gasteiger partial charge in [0.15, 0.2) is 11.6 Å². The van der Waals surface area contributed by atoms with E-state index in [1.165, 1.54) is 6.07 Å². The molecule has 1 aromatic carbocycles. The summed E-state index contributed by atoms with van der Waals surface area (Å²) in [4.78, 5) is 0. The highest BCUT2D eigenvalue weighted by atomic mass is 19.1. The topological polar surface area (TPSA) is 29.5 Å². The van der Waals surface area contributed by atoms with Crippen LogP contribution in [0.4, 0.5) is 4.39 Å². The first-order chi connectivity index (χ1) is 6.92.